The van der Waals surface area contributed by atoms with Crippen molar-refractivity contribution >= 4 is 11.8 Å². The number of nitrogens with two attached hydrogens (primary N) is 1. The zero-order valence-electron chi connectivity index (χ0n) is 8.97. The number of aromatic nitrogens is 2. The summed E-state index contributed by atoms with van der Waals surface area (Å²) < 4.78 is 54.2. The topological polar surface area (TPSA) is 92.0 Å². The van der Waals surface area contributed by atoms with Crippen LogP contribution in [0.3, 0.4) is 0 Å². The fraction of sp³-hybridized carbons (Fsp3) is 0. The number of hydrogen-bond acceptors (Lipinski definition) is 3. The second-order valence-corrected chi connectivity index (χ2v) is 3.51. The fourth-order valence-electron chi connectivity index (χ4n) is 1.55. The Labute approximate surface area is 102 Å². The van der Waals surface area contributed by atoms with E-state index in [1.807, 2.05) is 0 Å². The van der Waals surface area contributed by atoms with Gasteiger partial charge in [0.15, 0.2) is 23.3 Å². The van der Waals surface area contributed by atoms with Gasteiger partial charge in [0.2, 0.25) is 0 Å². The predicted molar refractivity (Wildman–Crippen MR) is 55.2 cm³/mol. The molecule has 0 radical (unpaired) electrons. The van der Waals surface area contributed by atoms with Gasteiger partial charge in [-0.15, -0.1) is 0 Å². The Balaban J connectivity index is 2.86. The van der Waals surface area contributed by atoms with Crippen molar-refractivity contribution in [3.05, 3.63) is 35.0 Å². The van der Waals surface area contributed by atoms with E-state index in [4.69, 9.17) is 10.8 Å². The van der Waals surface area contributed by atoms with E-state index in [2.05, 4.69) is 10.2 Å². The van der Waals surface area contributed by atoms with Gasteiger partial charge in [0.05, 0.1) is 11.8 Å². The van der Waals surface area contributed by atoms with Gasteiger partial charge in [0, 0.05) is 5.56 Å². The summed E-state index contributed by atoms with van der Waals surface area (Å²) >= 11 is 0. The van der Waals surface area contributed by atoms with E-state index in [9.17, 15) is 22.4 Å². The third-order valence-electron chi connectivity index (χ3n) is 2.42. The van der Waals surface area contributed by atoms with E-state index in [-0.39, 0.29) is 5.82 Å². The molecule has 2 rings (SSSR count). The van der Waals surface area contributed by atoms with Crippen molar-refractivity contribution in [2.75, 3.05) is 5.73 Å². The molecule has 5 nitrogen and oxygen atoms in total. The van der Waals surface area contributed by atoms with Crippen LogP contribution < -0.4 is 5.73 Å². The van der Waals surface area contributed by atoms with Gasteiger partial charge >= 0.3 is 5.97 Å². The van der Waals surface area contributed by atoms with E-state index < -0.39 is 45.9 Å². The van der Waals surface area contributed by atoms with Crippen LogP contribution in [0.15, 0.2) is 6.20 Å². The Bertz CT molecular complexity index is 655. The molecule has 0 unspecified atom stereocenters. The number of carbonyl (C=O) groups is 1. The van der Waals surface area contributed by atoms with Gasteiger partial charge in [-0.3, -0.25) is 5.10 Å². The zero-order chi connectivity index (χ0) is 14.3. The lowest BCUT2D eigenvalue weighted by molar-refractivity contribution is 0.0683. The van der Waals surface area contributed by atoms with Gasteiger partial charge in [-0.1, -0.05) is 0 Å². The van der Waals surface area contributed by atoms with Gasteiger partial charge in [-0.2, -0.15) is 5.10 Å². The molecule has 4 N–H and O–H groups in total. The van der Waals surface area contributed by atoms with Crippen LogP contribution in [0.2, 0.25) is 0 Å². The first-order chi connectivity index (χ1) is 8.86. The lowest BCUT2D eigenvalue weighted by Crippen LogP contribution is -2.11. The van der Waals surface area contributed by atoms with Crippen LogP contribution >= 0.6 is 0 Å². The number of anilines is 1. The minimum Gasteiger partial charge on any atom is -0.477 e. The Morgan fingerprint density at radius 1 is 1.16 bits per heavy atom. The standard InChI is InChI=1S/C10H5F4N3O2/c11-5-3(2-1-16-17-9(2)15)6(12)8(14)4(7(5)13)10(18)19/h1H,(H,18,19)(H3,15,16,17). The summed E-state index contributed by atoms with van der Waals surface area (Å²) in [4.78, 5) is 10.6. The number of nitrogens with one attached hydrogen (secondary N) is 1. The number of rotatable bonds is 2. The molecular weight excluding hydrogens is 270 g/mol. The Kier molecular flexibility index (Phi) is 2.89. The van der Waals surface area contributed by atoms with E-state index >= 15 is 0 Å². The number of benzene rings is 1. The minimum absolute atomic E-state index is 0.320. The minimum atomic E-state index is -2.13. The number of halogens is 4. The van der Waals surface area contributed by atoms with E-state index in [0.29, 0.717) is 0 Å². The fourth-order valence-corrected chi connectivity index (χ4v) is 1.55. The van der Waals surface area contributed by atoms with Crippen LogP contribution in [-0.2, 0) is 0 Å². The van der Waals surface area contributed by atoms with Crippen LogP contribution in [0.4, 0.5) is 23.4 Å². The molecule has 1 aromatic carbocycles. The van der Waals surface area contributed by atoms with Crippen molar-refractivity contribution in [1.82, 2.24) is 10.2 Å². The SMILES string of the molecule is Nc1[nH]ncc1-c1c(F)c(F)c(C(=O)O)c(F)c1F. The lowest BCUT2D eigenvalue weighted by atomic mass is 10.0. The smallest absolute Gasteiger partial charge is 0.341 e. The molecule has 19 heavy (non-hydrogen) atoms. The number of nitrogen functional groups attached to an aromatic ring is 1. The van der Waals surface area contributed by atoms with E-state index in [0.717, 1.165) is 6.20 Å². The molecule has 0 aliphatic heterocycles. The number of carboxylic acids is 1. The normalized spacial score (nSPS) is 10.7. The van der Waals surface area contributed by atoms with Crippen LogP contribution in [0, 0.1) is 23.3 Å². The number of H-pyrrole nitrogens is 1. The highest BCUT2D eigenvalue weighted by atomic mass is 19.2. The van der Waals surface area contributed by atoms with Crippen molar-refractivity contribution in [2.45, 2.75) is 0 Å². The molecule has 1 aromatic heterocycles. The Morgan fingerprint density at radius 2 is 1.68 bits per heavy atom. The third-order valence-corrected chi connectivity index (χ3v) is 2.42. The average molecular weight is 275 g/mol. The number of aromatic carboxylic acids is 1. The molecule has 0 atom stereocenters. The maximum atomic E-state index is 13.7. The molecule has 0 spiro atoms. The molecular formula is C10H5F4N3O2. The molecule has 0 amide bonds. The Morgan fingerprint density at radius 3 is 2.05 bits per heavy atom. The molecule has 0 saturated carbocycles. The summed E-state index contributed by atoms with van der Waals surface area (Å²) in [6, 6.07) is 0. The summed E-state index contributed by atoms with van der Waals surface area (Å²) in [5, 5.41) is 14.0. The highest BCUT2D eigenvalue weighted by molar-refractivity contribution is 5.90. The molecule has 0 fully saturated rings. The number of hydrogen-bond donors (Lipinski definition) is 3. The summed E-state index contributed by atoms with van der Waals surface area (Å²) in [5.74, 6) is -10.2. The summed E-state index contributed by atoms with van der Waals surface area (Å²) in [5.41, 5.74) is 2.06. The van der Waals surface area contributed by atoms with Crippen molar-refractivity contribution < 1.29 is 27.5 Å². The van der Waals surface area contributed by atoms with Crippen molar-refractivity contribution in [2.24, 2.45) is 0 Å². The highest BCUT2D eigenvalue weighted by Gasteiger charge is 2.30. The molecule has 0 aliphatic carbocycles. The molecule has 2 aromatic rings. The second-order valence-electron chi connectivity index (χ2n) is 3.51. The molecule has 9 heteroatoms. The monoisotopic (exact) mass is 275 g/mol. The Hall–Kier alpha value is -2.58. The van der Waals surface area contributed by atoms with Crippen LogP contribution in [0.25, 0.3) is 11.1 Å². The number of carboxylic acid groups (broad SMARTS) is 1. The maximum absolute atomic E-state index is 13.7. The second kappa shape index (κ2) is 4.26. The summed E-state index contributed by atoms with van der Waals surface area (Å²) in [7, 11) is 0. The van der Waals surface area contributed by atoms with E-state index in [1.165, 1.54) is 0 Å². The van der Waals surface area contributed by atoms with Crippen molar-refractivity contribution in [3.63, 3.8) is 0 Å². The lowest BCUT2D eigenvalue weighted by Gasteiger charge is -2.08. The van der Waals surface area contributed by atoms with Gasteiger partial charge < -0.3 is 10.8 Å². The molecule has 100 valence electrons. The van der Waals surface area contributed by atoms with Crippen LogP contribution in [-0.4, -0.2) is 21.3 Å². The van der Waals surface area contributed by atoms with Gasteiger partial charge in [0.1, 0.15) is 11.4 Å². The zero-order valence-corrected chi connectivity index (χ0v) is 8.97. The van der Waals surface area contributed by atoms with Crippen LogP contribution in [0.1, 0.15) is 10.4 Å². The maximum Gasteiger partial charge on any atom is 0.341 e. The molecule has 0 aliphatic rings. The summed E-state index contributed by atoms with van der Waals surface area (Å²) in [6.45, 7) is 0. The number of nitrogens with zero attached hydrogens (tertiary/aromatic N) is 1. The van der Waals surface area contributed by atoms with E-state index in [1.54, 1.807) is 0 Å². The first kappa shape index (κ1) is 12.9. The number of aromatic amines is 1. The van der Waals surface area contributed by atoms with Gasteiger partial charge in [-0.25, -0.2) is 22.4 Å². The summed E-state index contributed by atoms with van der Waals surface area (Å²) in [6.07, 6.45) is 0.857. The predicted octanol–water partition coefficient (Wildman–Crippen LogP) is 1.91. The molecule has 0 bridgehead atoms. The molecule has 1 heterocycles. The van der Waals surface area contributed by atoms with Gasteiger partial charge in [0.25, 0.3) is 0 Å². The van der Waals surface area contributed by atoms with Gasteiger partial charge in [-0.05, 0) is 0 Å². The van der Waals surface area contributed by atoms with Crippen molar-refractivity contribution in [3.8, 4) is 11.1 Å². The van der Waals surface area contributed by atoms with Crippen LogP contribution in [0.5, 0.6) is 0 Å². The molecule has 0 saturated heterocycles. The highest BCUT2D eigenvalue weighted by Crippen LogP contribution is 2.34. The third kappa shape index (κ3) is 1.79. The first-order valence-electron chi connectivity index (χ1n) is 4.74. The largest absolute Gasteiger partial charge is 0.477 e. The average Bonchev–Trinajstić information content (AvgIpc) is 2.73. The quantitative estimate of drug-likeness (QED) is 0.576. The first-order valence-corrected chi connectivity index (χ1v) is 4.74. The van der Waals surface area contributed by atoms with Crippen molar-refractivity contribution in [1.29, 1.82) is 0 Å².